The summed E-state index contributed by atoms with van der Waals surface area (Å²) >= 11 is 1.81. The molecule has 0 unspecified atom stereocenters. The smallest absolute Gasteiger partial charge is 0.223 e. The third-order valence-corrected chi connectivity index (χ3v) is 6.33. The van der Waals surface area contributed by atoms with Gasteiger partial charge in [0.05, 0.1) is 0 Å². The lowest BCUT2D eigenvalue weighted by Gasteiger charge is -2.35. The number of hydrogen-bond donors (Lipinski definition) is 0. The Morgan fingerprint density at radius 1 is 0.821 bits per heavy atom. The molecule has 1 saturated heterocycles. The SMILES string of the molecule is O=C(CC(c1ccccc1)c1ccccc1)N1CCN(Cc2cccs2)CC1. The summed E-state index contributed by atoms with van der Waals surface area (Å²) < 4.78 is 0. The maximum absolute atomic E-state index is 13.1. The molecule has 1 aliphatic rings. The van der Waals surface area contributed by atoms with Crippen molar-refractivity contribution in [2.24, 2.45) is 0 Å². The molecule has 28 heavy (non-hydrogen) atoms. The molecule has 0 atom stereocenters. The van der Waals surface area contributed by atoms with Gasteiger partial charge in [0.2, 0.25) is 5.91 Å². The number of hydrogen-bond acceptors (Lipinski definition) is 3. The van der Waals surface area contributed by atoms with Crippen molar-refractivity contribution in [3.63, 3.8) is 0 Å². The average Bonchev–Trinajstić information content (AvgIpc) is 3.27. The summed E-state index contributed by atoms with van der Waals surface area (Å²) in [5.41, 5.74) is 2.41. The fourth-order valence-corrected chi connectivity index (χ4v) is 4.63. The zero-order valence-corrected chi connectivity index (χ0v) is 16.9. The molecule has 0 saturated carbocycles. The Morgan fingerprint density at radius 3 is 1.96 bits per heavy atom. The first-order chi connectivity index (χ1) is 13.8. The van der Waals surface area contributed by atoms with Crippen molar-refractivity contribution < 1.29 is 4.79 Å². The van der Waals surface area contributed by atoms with Crippen LogP contribution < -0.4 is 0 Å². The number of amides is 1. The number of piperazine rings is 1. The van der Waals surface area contributed by atoms with Gasteiger partial charge in [-0.1, -0.05) is 66.7 Å². The molecule has 1 aliphatic heterocycles. The third-order valence-electron chi connectivity index (χ3n) is 5.47. The lowest BCUT2D eigenvalue weighted by Crippen LogP contribution is -2.48. The molecule has 0 spiro atoms. The van der Waals surface area contributed by atoms with E-state index in [-0.39, 0.29) is 11.8 Å². The van der Waals surface area contributed by atoms with E-state index in [0.717, 1.165) is 32.7 Å². The van der Waals surface area contributed by atoms with Crippen LogP contribution in [0.3, 0.4) is 0 Å². The van der Waals surface area contributed by atoms with Crippen LogP contribution in [-0.4, -0.2) is 41.9 Å². The summed E-state index contributed by atoms with van der Waals surface area (Å²) in [5.74, 6) is 0.368. The van der Waals surface area contributed by atoms with Crippen LogP contribution >= 0.6 is 11.3 Å². The van der Waals surface area contributed by atoms with E-state index < -0.39 is 0 Å². The zero-order valence-electron chi connectivity index (χ0n) is 16.0. The van der Waals surface area contributed by atoms with Crippen LogP contribution in [0.4, 0.5) is 0 Å². The van der Waals surface area contributed by atoms with Crippen molar-refractivity contribution >= 4 is 17.2 Å². The van der Waals surface area contributed by atoms with Crippen molar-refractivity contribution in [2.45, 2.75) is 18.9 Å². The molecule has 0 radical (unpaired) electrons. The van der Waals surface area contributed by atoms with Gasteiger partial charge in [-0.15, -0.1) is 11.3 Å². The molecule has 0 N–H and O–H groups in total. The van der Waals surface area contributed by atoms with Crippen molar-refractivity contribution in [3.05, 3.63) is 94.2 Å². The second-order valence-electron chi connectivity index (χ2n) is 7.31. The van der Waals surface area contributed by atoms with E-state index in [4.69, 9.17) is 0 Å². The molecule has 4 heteroatoms. The molecule has 2 aromatic carbocycles. The highest BCUT2D eigenvalue weighted by Crippen LogP contribution is 2.28. The highest BCUT2D eigenvalue weighted by Gasteiger charge is 2.25. The Labute approximate surface area is 171 Å². The average molecular weight is 391 g/mol. The zero-order chi connectivity index (χ0) is 19.2. The van der Waals surface area contributed by atoms with E-state index in [9.17, 15) is 4.79 Å². The standard InChI is InChI=1S/C24H26N2OS/c27-24(26-15-13-25(14-16-26)19-22-12-7-17-28-22)18-23(20-8-3-1-4-9-20)21-10-5-2-6-11-21/h1-12,17,23H,13-16,18-19H2. The van der Waals surface area contributed by atoms with Gasteiger partial charge in [-0.3, -0.25) is 9.69 Å². The summed E-state index contributed by atoms with van der Waals surface area (Å²) in [7, 11) is 0. The van der Waals surface area contributed by atoms with E-state index in [1.165, 1.54) is 16.0 Å². The quantitative estimate of drug-likeness (QED) is 0.613. The lowest BCUT2D eigenvalue weighted by molar-refractivity contribution is -0.133. The number of benzene rings is 2. The Balaban J connectivity index is 1.40. The number of carbonyl (C=O) groups is 1. The summed E-state index contributed by atoms with van der Waals surface area (Å²) in [4.78, 5) is 19.0. The van der Waals surface area contributed by atoms with E-state index in [1.807, 2.05) is 17.0 Å². The molecule has 1 fully saturated rings. The van der Waals surface area contributed by atoms with Crippen LogP contribution in [0.15, 0.2) is 78.2 Å². The molecule has 3 aromatic rings. The first kappa shape index (κ1) is 18.9. The van der Waals surface area contributed by atoms with Crippen LogP contribution in [0.1, 0.15) is 28.3 Å². The van der Waals surface area contributed by atoms with Gasteiger partial charge in [0.15, 0.2) is 0 Å². The largest absolute Gasteiger partial charge is 0.340 e. The van der Waals surface area contributed by atoms with Gasteiger partial charge in [-0.25, -0.2) is 0 Å². The minimum atomic E-state index is 0.110. The second-order valence-corrected chi connectivity index (χ2v) is 8.35. The number of thiophene rings is 1. The van der Waals surface area contributed by atoms with Crippen LogP contribution in [-0.2, 0) is 11.3 Å². The predicted molar refractivity (Wildman–Crippen MR) is 116 cm³/mol. The van der Waals surface area contributed by atoms with Gasteiger partial charge < -0.3 is 4.90 Å². The molecule has 0 aliphatic carbocycles. The first-order valence-corrected chi connectivity index (χ1v) is 10.8. The Kier molecular flexibility index (Phi) is 6.20. The highest BCUT2D eigenvalue weighted by atomic mass is 32.1. The summed E-state index contributed by atoms with van der Waals surface area (Å²) in [6.45, 7) is 4.54. The van der Waals surface area contributed by atoms with E-state index in [2.05, 4.69) is 70.9 Å². The summed E-state index contributed by atoms with van der Waals surface area (Å²) in [5, 5.41) is 2.13. The fraction of sp³-hybridized carbons (Fsp3) is 0.292. The van der Waals surface area contributed by atoms with E-state index in [0.29, 0.717) is 6.42 Å². The van der Waals surface area contributed by atoms with Crippen molar-refractivity contribution in [1.29, 1.82) is 0 Å². The molecule has 1 aromatic heterocycles. The van der Waals surface area contributed by atoms with Gasteiger partial charge in [-0.2, -0.15) is 0 Å². The topological polar surface area (TPSA) is 23.6 Å². The van der Waals surface area contributed by atoms with E-state index in [1.54, 1.807) is 11.3 Å². The number of nitrogens with zero attached hydrogens (tertiary/aromatic N) is 2. The molecule has 4 rings (SSSR count). The predicted octanol–water partition coefficient (Wildman–Crippen LogP) is 4.61. The molecule has 3 nitrogen and oxygen atoms in total. The number of carbonyl (C=O) groups excluding carboxylic acids is 1. The van der Waals surface area contributed by atoms with Gasteiger partial charge in [0.25, 0.3) is 0 Å². The van der Waals surface area contributed by atoms with Gasteiger partial charge in [0.1, 0.15) is 0 Å². The minimum Gasteiger partial charge on any atom is -0.340 e. The maximum atomic E-state index is 13.1. The normalized spacial score (nSPS) is 15.1. The first-order valence-electron chi connectivity index (χ1n) is 9.92. The van der Waals surface area contributed by atoms with Crippen LogP contribution in [0, 0.1) is 0 Å². The van der Waals surface area contributed by atoms with Crippen molar-refractivity contribution in [2.75, 3.05) is 26.2 Å². The van der Waals surface area contributed by atoms with Gasteiger partial charge in [0, 0.05) is 49.9 Å². The summed E-state index contributed by atoms with van der Waals surface area (Å²) in [6.07, 6.45) is 0.527. The molecule has 2 heterocycles. The molecule has 0 bridgehead atoms. The molecule has 1 amide bonds. The minimum absolute atomic E-state index is 0.110. The number of rotatable bonds is 6. The van der Waals surface area contributed by atoms with Gasteiger partial charge >= 0.3 is 0 Å². The molecular formula is C24H26N2OS. The van der Waals surface area contributed by atoms with Crippen molar-refractivity contribution in [3.8, 4) is 0 Å². The summed E-state index contributed by atoms with van der Waals surface area (Å²) in [6, 6.07) is 25.1. The second kappa shape index (κ2) is 9.18. The van der Waals surface area contributed by atoms with Crippen LogP contribution in [0.2, 0.25) is 0 Å². The molecule has 144 valence electrons. The molecular weight excluding hydrogens is 364 g/mol. The Hall–Kier alpha value is -2.43. The lowest BCUT2D eigenvalue weighted by atomic mass is 9.88. The Bertz CT molecular complexity index is 817. The van der Waals surface area contributed by atoms with Crippen molar-refractivity contribution in [1.82, 2.24) is 9.80 Å². The third kappa shape index (κ3) is 4.70. The highest BCUT2D eigenvalue weighted by molar-refractivity contribution is 7.09. The maximum Gasteiger partial charge on any atom is 0.223 e. The van der Waals surface area contributed by atoms with E-state index >= 15 is 0 Å². The van der Waals surface area contributed by atoms with Crippen LogP contribution in [0.25, 0.3) is 0 Å². The van der Waals surface area contributed by atoms with Crippen LogP contribution in [0.5, 0.6) is 0 Å². The monoisotopic (exact) mass is 390 g/mol. The van der Waals surface area contributed by atoms with Gasteiger partial charge in [-0.05, 0) is 22.6 Å². The Morgan fingerprint density at radius 2 is 1.43 bits per heavy atom. The fourth-order valence-electron chi connectivity index (χ4n) is 3.88.